The highest BCUT2D eigenvalue weighted by atomic mass is 79.9. The molecule has 0 aliphatic heterocycles. The lowest BCUT2D eigenvalue weighted by Crippen LogP contribution is -2.30. The molecule has 1 aromatic carbocycles. The summed E-state index contributed by atoms with van der Waals surface area (Å²) in [6, 6.07) is 6.24. The maximum absolute atomic E-state index is 5.98. The molecular formula is C15H20BrN3OS. The Bertz CT molecular complexity index is 602. The molecule has 0 saturated heterocycles. The molecule has 1 heterocycles. The second kappa shape index (κ2) is 7.35. The van der Waals surface area contributed by atoms with Crippen LogP contribution in [0.2, 0.25) is 0 Å². The standard InChI is InChI=1S/C15H20BrN3OS/c1-10-18-12(9-21-10)8-19(2)14(7-17)11-4-5-15(20-3)13(16)6-11/h4-6,9,14H,7-8,17H2,1-3H3. The molecule has 0 fully saturated rings. The first-order chi connectivity index (χ1) is 10.0. The minimum atomic E-state index is 0.147. The van der Waals surface area contributed by atoms with E-state index >= 15 is 0 Å². The number of likely N-dealkylation sites (N-methyl/N-ethyl adjacent to an activating group) is 1. The largest absolute Gasteiger partial charge is 0.496 e. The highest BCUT2D eigenvalue weighted by Crippen LogP contribution is 2.30. The zero-order valence-corrected chi connectivity index (χ0v) is 14.9. The molecule has 4 nitrogen and oxygen atoms in total. The Hall–Kier alpha value is -0.950. The fourth-order valence-corrected chi connectivity index (χ4v) is 3.47. The van der Waals surface area contributed by atoms with Crippen LogP contribution in [0.15, 0.2) is 28.1 Å². The first kappa shape index (κ1) is 16.4. The minimum Gasteiger partial charge on any atom is -0.496 e. The molecule has 1 unspecified atom stereocenters. The molecule has 2 aromatic rings. The van der Waals surface area contributed by atoms with Gasteiger partial charge in [-0.05, 0) is 47.6 Å². The van der Waals surface area contributed by atoms with Crippen molar-refractivity contribution in [1.82, 2.24) is 9.88 Å². The number of hydrogen-bond donors (Lipinski definition) is 1. The van der Waals surface area contributed by atoms with Gasteiger partial charge in [-0.2, -0.15) is 0 Å². The Balaban J connectivity index is 2.16. The van der Waals surface area contributed by atoms with Crippen LogP contribution in [-0.2, 0) is 6.54 Å². The fraction of sp³-hybridized carbons (Fsp3) is 0.400. The fourth-order valence-electron chi connectivity index (χ4n) is 2.31. The summed E-state index contributed by atoms with van der Waals surface area (Å²) in [5.41, 5.74) is 8.23. The van der Waals surface area contributed by atoms with E-state index in [2.05, 4.69) is 50.4 Å². The molecule has 0 aliphatic rings. The number of aryl methyl sites for hydroxylation is 1. The van der Waals surface area contributed by atoms with E-state index < -0.39 is 0 Å². The molecule has 2 rings (SSSR count). The first-order valence-electron chi connectivity index (χ1n) is 6.70. The molecule has 0 amide bonds. The third-order valence-electron chi connectivity index (χ3n) is 3.39. The Labute approximate surface area is 138 Å². The summed E-state index contributed by atoms with van der Waals surface area (Å²) >= 11 is 5.20. The van der Waals surface area contributed by atoms with Gasteiger partial charge in [0.1, 0.15) is 5.75 Å². The van der Waals surface area contributed by atoms with E-state index in [1.54, 1.807) is 18.4 Å². The van der Waals surface area contributed by atoms with Crippen molar-refractivity contribution < 1.29 is 4.74 Å². The average molecular weight is 370 g/mol. The lowest BCUT2D eigenvalue weighted by molar-refractivity contribution is 0.239. The van der Waals surface area contributed by atoms with Crippen molar-refractivity contribution >= 4 is 27.3 Å². The second-order valence-corrected chi connectivity index (χ2v) is 6.84. The van der Waals surface area contributed by atoms with Gasteiger partial charge in [0, 0.05) is 24.5 Å². The Morgan fingerprint density at radius 1 is 1.48 bits per heavy atom. The van der Waals surface area contributed by atoms with E-state index in [4.69, 9.17) is 10.5 Å². The van der Waals surface area contributed by atoms with Gasteiger partial charge in [-0.1, -0.05) is 6.07 Å². The third kappa shape index (κ3) is 4.03. The second-order valence-electron chi connectivity index (χ2n) is 4.92. The number of methoxy groups -OCH3 is 1. The van der Waals surface area contributed by atoms with Crippen LogP contribution >= 0.6 is 27.3 Å². The lowest BCUT2D eigenvalue weighted by atomic mass is 10.1. The quantitative estimate of drug-likeness (QED) is 0.847. The van der Waals surface area contributed by atoms with Crippen molar-refractivity contribution in [3.63, 3.8) is 0 Å². The molecule has 0 radical (unpaired) electrons. The number of nitrogens with zero attached hydrogens (tertiary/aromatic N) is 2. The van der Waals surface area contributed by atoms with Crippen LogP contribution in [0.25, 0.3) is 0 Å². The average Bonchev–Trinajstić information content (AvgIpc) is 2.85. The maximum Gasteiger partial charge on any atom is 0.133 e. The van der Waals surface area contributed by atoms with Crippen molar-refractivity contribution in [2.75, 3.05) is 20.7 Å². The van der Waals surface area contributed by atoms with Crippen LogP contribution in [0.1, 0.15) is 22.3 Å². The number of rotatable bonds is 6. The predicted molar refractivity (Wildman–Crippen MR) is 90.8 cm³/mol. The van der Waals surface area contributed by atoms with Gasteiger partial charge in [-0.3, -0.25) is 4.90 Å². The van der Waals surface area contributed by atoms with Gasteiger partial charge in [0.15, 0.2) is 0 Å². The van der Waals surface area contributed by atoms with Gasteiger partial charge in [0.05, 0.1) is 22.3 Å². The van der Waals surface area contributed by atoms with Gasteiger partial charge in [-0.15, -0.1) is 11.3 Å². The van der Waals surface area contributed by atoms with E-state index in [1.807, 2.05) is 13.0 Å². The van der Waals surface area contributed by atoms with Crippen LogP contribution in [0.4, 0.5) is 0 Å². The molecule has 6 heteroatoms. The predicted octanol–water partition coefficient (Wildman–Crippen LogP) is 3.35. The summed E-state index contributed by atoms with van der Waals surface area (Å²) in [5, 5.41) is 3.19. The molecule has 0 aliphatic carbocycles. The topological polar surface area (TPSA) is 51.4 Å². The highest BCUT2D eigenvalue weighted by Gasteiger charge is 2.17. The van der Waals surface area contributed by atoms with E-state index in [0.29, 0.717) is 6.54 Å². The molecular weight excluding hydrogens is 350 g/mol. The first-order valence-corrected chi connectivity index (χ1v) is 8.37. The van der Waals surface area contributed by atoms with Gasteiger partial charge in [0.2, 0.25) is 0 Å². The number of aromatic nitrogens is 1. The SMILES string of the molecule is COc1ccc(C(CN)N(C)Cc2csc(C)n2)cc1Br. The van der Waals surface area contributed by atoms with Crippen molar-refractivity contribution in [2.24, 2.45) is 5.73 Å². The van der Waals surface area contributed by atoms with E-state index in [-0.39, 0.29) is 6.04 Å². The Morgan fingerprint density at radius 2 is 2.24 bits per heavy atom. The monoisotopic (exact) mass is 369 g/mol. The normalized spacial score (nSPS) is 12.7. The van der Waals surface area contributed by atoms with Gasteiger partial charge in [0.25, 0.3) is 0 Å². The minimum absolute atomic E-state index is 0.147. The summed E-state index contributed by atoms with van der Waals surface area (Å²) < 4.78 is 6.22. The number of thiazole rings is 1. The van der Waals surface area contributed by atoms with Crippen LogP contribution in [0.5, 0.6) is 5.75 Å². The molecule has 1 atom stereocenters. The van der Waals surface area contributed by atoms with Gasteiger partial charge < -0.3 is 10.5 Å². The number of benzene rings is 1. The highest BCUT2D eigenvalue weighted by molar-refractivity contribution is 9.10. The number of nitrogens with two attached hydrogens (primary N) is 1. The van der Waals surface area contributed by atoms with Crippen LogP contribution in [-0.4, -0.2) is 30.6 Å². The molecule has 114 valence electrons. The van der Waals surface area contributed by atoms with Crippen molar-refractivity contribution in [3.8, 4) is 5.75 Å². The van der Waals surface area contributed by atoms with E-state index in [9.17, 15) is 0 Å². The molecule has 0 bridgehead atoms. The summed E-state index contributed by atoms with van der Waals surface area (Å²) in [6.07, 6.45) is 0. The van der Waals surface area contributed by atoms with Crippen molar-refractivity contribution in [3.05, 3.63) is 44.3 Å². The van der Waals surface area contributed by atoms with Crippen molar-refractivity contribution in [2.45, 2.75) is 19.5 Å². The van der Waals surface area contributed by atoms with Crippen LogP contribution in [0, 0.1) is 6.92 Å². The summed E-state index contributed by atoms with van der Waals surface area (Å²) in [7, 11) is 3.74. The van der Waals surface area contributed by atoms with E-state index in [0.717, 1.165) is 27.5 Å². The lowest BCUT2D eigenvalue weighted by Gasteiger charge is -2.27. The summed E-state index contributed by atoms with van der Waals surface area (Å²) in [5.74, 6) is 0.826. The molecule has 2 N–H and O–H groups in total. The van der Waals surface area contributed by atoms with E-state index in [1.165, 1.54) is 5.56 Å². The third-order valence-corrected chi connectivity index (χ3v) is 4.84. The Kier molecular flexibility index (Phi) is 5.75. The number of halogens is 1. The van der Waals surface area contributed by atoms with Crippen LogP contribution in [0.3, 0.4) is 0 Å². The smallest absolute Gasteiger partial charge is 0.133 e. The summed E-state index contributed by atoms with van der Waals surface area (Å²) in [6.45, 7) is 3.36. The maximum atomic E-state index is 5.98. The van der Waals surface area contributed by atoms with Gasteiger partial charge >= 0.3 is 0 Å². The summed E-state index contributed by atoms with van der Waals surface area (Å²) in [4.78, 5) is 6.74. The van der Waals surface area contributed by atoms with Gasteiger partial charge in [-0.25, -0.2) is 4.98 Å². The molecule has 21 heavy (non-hydrogen) atoms. The molecule has 0 saturated carbocycles. The van der Waals surface area contributed by atoms with Crippen LogP contribution < -0.4 is 10.5 Å². The number of hydrogen-bond acceptors (Lipinski definition) is 5. The van der Waals surface area contributed by atoms with Crippen molar-refractivity contribution in [1.29, 1.82) is 0 Å². The Morgan fingerprint density at radius 3 is 2.76 bits per heavy atom. The zero-order valence-electron chi connectivity index (χ0n) is 12.5. The number of ether oxygens (including phenoxy) is 1. The zero-order chi connectivity index (χ0) is 15.4. The molecule has 1 aromatic heterocycles. The molecule has 0 spiro atoms.